The van der Waals surface area contributed by atoms with E-state index >= 15 is 0 Å². The molecule has 0 fully saturated rings. The Labute approximate surface area is 92.3 Å². The maximum absolute atomic E-state index is 11.4. The minimum atomic E-state index is -2.08. The van der Waals surface area contributed by atoms with Gasteiger partial charge in [0.15, 0.2) is 0 Å². The van der Waals surface area contributed by atoms with Crippen LogP contribution in [0.25, 0.3) is 10.8 Å². The van der Waals surface area contributed by atoms with Crippen molar-refractivity contribution in [3.63, 3.8) is 0 Å². The average Bonchev–Trinajstić information content (AvgIpc) is 2.27. The number of carbonyl (C=O) groups excluding carboxylic acids is 1. The van der Waals surface area contributed by atoms with E-state index in [0.717, 1.165) is 10.8 Å². The maximum atomic E-state index is 11.4. The highest BCUT2D eigenvalue weighted by Crippen LogP contribution is 2.16. The molecule has 2 aromatic carbocycles. The summed E-state index contributed by atoms with van der Waals surface area (Å²) in [6.45, 7) is 0. The van der Waals surface area contributed by atoms with E-state index < -0.39 is 13.3 Å². The minimum absolute atomic E-state index is 0.284. The quantitative estimate of drug-likeness (QED) is 0.733. The second-order valence-electron chi connectivity index (χ2n) is 3.29. The van der Waals surface area contributed by atoms with Crippen molar-refractivity contribution in [1.29, 1.82) is 0 Å². The summed E-state index contributed by atoms with van der Waals surface area (Å²) < 4.78 is 4.26. The highest BCUT2D eigenvalue weighted by atomic mass is 16.6. The molecule has 0 unspecified atom stereocenters. The monoisotopic (exact) mass is 216 g/mol. The highest BCUT2D eigenvalue weighted by molar-refractivity contribution is 6.36. The van der Waals surface area contributed by atoms with E-state index in [9.17, 15) is 4.79 Å². The molecule has 0 saturated carbocycles. The number of hydrogen-bond donors (Lipinski definition) is 2. The van der Waals surface area contributed by atoms with Crippen LogP contribution in [0.5, 0.6) is 0 Å². The van der Waals surface area contributed by atoms with Gasteiger partial charge in [0.2, 0.25) is 0 Å². The zero-order valence-electron chi connectivity index (χ0n) is 8.33. The fourth-order valence-electron chi connectivity index (χ4n) is 1.48. The molecule has 80 valence electrons. The molecule has 0 radical (unpaired) electrons. The Morgan fingerprint density at radius 3 is 2.44 bits per heavy atom. The van der Waals surface area contributed by atoms with Crippen molar-refractivity contribution < 1.29 is 19.5 Å². The van der Waals surface area contributed by atoms with Crippen LogP contribution < -0.4 is 0 Å². The van der Waals surface area contributed by atoms with Crippen molar-refractivity contribution in [1.82, 2.24) is 0 Å². The van der Waals surface area contributed by atoms with Crippen LogP contribution in [-0.2, 0) is 4.65 Å². The molecule has 5 heteroatoms. The normalized spacial score (nSPS) is 10.1. The van der Waals surface area contributed by atoms with Gasteiger partial charge in [-0.3, -0.25) is 0 Å². The zero-order valence-corrected chi connectivity index (χ0v) is 8.33. The highest BCUT2D eigenvalue weighted by Gasteiger charge is 2.17. The molecule has 0 saturated heterocycles. The molecule has 0 aliphatic rings. The standard InChI is InChI=1S/C11H9BO4/c13-11(16-12(14)15)10-6-5-8-3-1-2-4-9(8)7-10/h1-7,14-15H. The first-order chi connectivity index (χ1) is 7.66. The van der Waals surface area contributed by atoms with Gasteiger partial charge in [0.1, 0.15) is 0 Å². The van der Waals surface area contributed by atoms with Gasteiger partial charge in [-0.05, 0) is 22.9 Å². The van der Waals surface area contributed by atoms with Crippen molar-refractivity contribution in [2.24, 2.45) is 0 Å². The van der Waals surface area contributed by atoms with Gasteiger partial charge in [-0.2, -0.15) is 0 Å². The van der Waals surface area contributed by atoms with E-state index in [0.29, 0.717) is 0 Å². The molecule has 0 aliphatic heterocycles. The second-order valence-corrected chi connectivity index (χ2v) is 3.29. The number of hydrogen-bond acceptors (Lipinski definition) is 4. The van der Waals surface area contributed by atoms with Gasteiger partial charge in [0.05, 0.1) is 5.56 Å². The lowest BCUT2D eigenvalue weighted by atomic mass is 10.1. The first-order valence-electron chi connectivity index (χ1n) is 4.73. The molecule has 0 spiro atoms. The molecule has 0 heterocycles. The van der Waals surface area contributed by atoms with E-state index in [2.05, 4.69) is 4.65 Å². The van der Waals surface area contributed by atoms with Crippen molar-refractivity contribution in [2.45, 2.75) is 0 Å². The molecule has 0 aliphatic carbocycles. The lowest BCUT2D eigenvalue weighted by molar-refractivity contribution is 0.0648. The predicted molar refractivity (Wildman–Crippen MR) is 59.6 cm³/mol. The third-order valence-electron chi connectivity index (χ3n) is 2.20. The topological polar surface area (TPSA) is 66.8 Å². The van der Waals surface area contributed by atoms with E-state index in [1.807, 2.05) is 24.3 Å². The maximum Gasteiger partial charge on any atom is 0.709 e. The van der Waals surface area contributed by atoms with Gasteiger partial charge in [0.25, 0.3) is 0 Å². The number of benzene rings is 2. The molecule has 2 aromatic rings. The van der Waals surface area contributed by atoms with E-state index in [4.69, 9.17) is 10.0 Å². The van der Waals surface area contributed by atoms with Crippen LogP contribution in [0.2, 0.25) is 0 Å². The summed E-state index contributed by atoms with van der Waals surface area (Å²) >= 11 is 0. The van der Waals surface area contributed by atoms with Gasteiger partial charge in [0, 0.05) is 0 Å². The summed E-state index contributed by atoms with van der Waals surface area (Å²) in [5.41, 5.74) is 0.284. The van der Waals surface area contributed by atoms with Crippen LogP contribution in [0.1, 0.15) is 10.4 Å². The van der Waals surface area contributed by atoms with Gasteiger partial charge in [-0.15, -0.1) is 0 Å². The number of carbonyl (C=O) groups is 1. The van der Waals surface area contributed by atoms with E-state index in [1.165, 1.54) is 0 Å². The Kier molecular flexibility index (Phi) is 2.89. The Hall–Kier alpha value is -1.85. The Bertz CT molecular complexity index is 524. The van der Waals surface area contributed by atoms with Crippen LogP contribution in [-0.4, -0.2) is 23.3 Å². The van der Waals surface area contributed by atoms with Crippen LogP contribution in [0.4, 0.5) is 0 Å². The predicted octanol–water partition coefficient (Wildman–Crippen LogP) is 0.966. The molecule has 0 amide bonds. The van der Waals surface area contributed by atoms with Crippen molar-refractivity contribution in [2.75, 3.05) is 0 Å². The van der Waals surface area contributed by atoms with E-state index in [1.54, 1.807) is 18.2 Å². The van der Waals surface area contributed by atoms with Gasteiger partial charge < -0.3 is 14.7 Å². The van der Waals surface area contributed by atoms with Gasteiger partial charge in [-0.25, -0.2) is 4.79 Å². The van der Waals surface area contributed by atoms with Crippen molar-refractivity contribution in [3.05, 3.63) is 48.0 Å². The molecular weight excluding hydrogens is 207 g/mol. The summed E-state index contributed by atoms with van der Waals surface area (Å²) in [5.74, 6) is -0.763. The van der Waals surface area contributed by atoms with Crippen LogP contribution in [0, 0.1) is 0 Å². The van der Waals surface area contributed by atoms with E-state index in [-0.39, 0.29) is 5.56 Å². The number of fused-ring (bicyclic) bond motifs is 1. The van der Waals surface area contributed by atoms with Crippen LogP contribution in [0.15, 0.2) is 42.5 Å². The Balaban J connectivity index is 2.35. The largest absolute Gasteiger partial charge is 0.709 e. The van der Waals surface area contributed by atoms with Crippen LogP contribution in [0.3, 0.4) is 0 Å². The van der Waals surface area contributed by atoms with Crippen LogP contribution >= 0.6 is 0 Å². The minimum Gasteiger partial charge on any atom is -0.481 e. The first kappa shape index (κ1) is 10.7. The average molecular weight is 216 g/mol. The van der Waals surface area contributed by atoms with Gasteiger partial charge >= 0.3 is 13.3 Å². The lowest BCUT2D eigenvalue weighted by Gasteiger charge is -2.04. The third-order valence-corrected chi connectivity index (χ3v) is 2.20. The Morgan fingerprint density at radius 2 is 1.75 bits per heavy atom. The molecule has 4 nitrogen and oxygen atoms in total. The summed E-state index contributed by atoms with van der Waals surface area (Å²) in [6.07, 6.45) is 0. The summed E-state index contributed by atoms with van der Waals surface area (Å²) in [5, 5.41) is 18.9. The van der Waals surface area contributed by atoms with Crippen molar-refractivity contribution >= 4 is 24.1 Å². The fourth-order valence-corrected chi connectivity index (χ4v) is 1.48. The molecule has 0 aromatic heterocycles. The molecule has 0 bridgehead atoms. The fraction of sp³-hybridized carbons (Fsp3) is 0. The lowest BCUT2D eigenvalue weighted by Crippen LogP contribution is -2.21. The smallest absolute Gasteiger partial charge is 0.481 e. The van der Waals surface area contributed by atoms with Crippen molar-refractivity contribution in [3.8, 4) is 0 Å². The molecule has 0 atom stereocenters. The molecule has 2 N–H and O–H groups in total. The second kappa shape index (κ2) is 4.34. The Morgan fingerprint density at radius 1 is 1.06 bits per heavy atom. The first-order valence-corrected chi connectivity index (χ1v) is 4.73. The summed E-state index contributed by atoms with van der Waals surface area (Å²) in [7, 11) is -2.08. The summed E-state index contributed by atoms with van der Waals surface area (Å²) in [4.78, 5) is 11.4. The molecule has 2 rings (SSSR count). The SMILES string of the molecule is O=C(OB(O)O)c1ccc2ccccc2c1. The molecule has 16 heavy (non-hydrogen) atoms. The summed E-state index contributed by atoms with van der Waals surface area (Å²) in [6, 6.07) is 12.5. The molecular formula is C11H9BO4. The zero-order chi connectivity index (χ0) is 11.5. The third kappa shape index (κ3) is 2.21. The number of rotatable bonds is 2. The van der Waals surface area contributed by atoms with Gasteiger partial charge in [-0.1, -0.05) is 30.3 Å².